The van der Waals surface area contributed by atoms with Crippen LogP contribution < -0.4 is 17.0 Å². The average molecular weight is 641 g/mol. The second-order valence-electron chi connectivity index (χ2n) is 10.7. The Hall–Kier alpha value is -3.54. The minimum absolute atomic E-state index is 0.340. The number of benzene rings is 3. The van der Waals surface area contributed by atoms with E-state index in [1.54, 1.807) is 13.0 Å². The number of hydrogen-bond acceptors (Lipinski definition) is 8. The molecule has 4 atom stereocenters. The third-order valence-electron chi connectivity index (χ3n) is 7.55. The average Bonchev–Trinajstić information content (AvgIpc) is 3.52. The van der Waals surface area contributed by atoms with Gasteiger partial charge in [0.25, 0.3) is 5.56 Å². The Bertz CT molecular complexity index is 1710. The minimum Gasteiger partial charge on any atom is -0.399 e. The van der Waals surface area contributed by atoms with Crippen LogP contribution in [0.3, 0.4) is 0 Å². The van der Waals surface area contributed by atoms with Gasteiger partial charge in [0.05, 0.1) is 11.9 Å². The molecule has 1 fully saturated rings. The number of aromatic amines is 1. The fourth-order valence-electron chi connectivity index (χ4n) is 5.30. The van der Waals surface area contributed by atoms with Gasteiger partial charge in [0, 0.05) is 17.4 Å². The molecule has 2 heterocycles. The molecule has 3 N–H and O–H groups in total. The predicted molar refractivity (Wildman–Crippen MR) is 167 cm³/mol. The Morgan fingerprint density at radius 1 is 1.00 bits per heavy atom. The van der Waals surface area contributed by atoms with E-state index in [1.165, 1.54) is 29.5 Å². The summed E-state index contributed by atoms with van der Waals surface area (Å²) in [6.07, 6.45) is -0.812. The third-order valence-corrected chi connectivity index (χ3v) is 9.70. The Kier molecular flexibility index (Phi) is 9.57. The third kappa shape index (κ3) is 6.31. The van der Waals surface area contributed by atoms with Crippen LogP contribution in [0.5, 0.6) is 0 Å². The number of rotatable bonds is 11. The van der Waals surface area contributed by atoms with Crippen molar-refractivity contribution in [1.82, 2.24) is 14.2 Å². The van der Waals surface area contributed by atoms with Crippen molar-refractivity contribution in [2.24, 2.45) is 0 Å². The number of aromatic nitrogens is 2. The highest BCUT2D eigenvalue weighted by Crippen LogP contribution is 2.55. The van der Waals surface area contributed by atoms with Crippen molar-refractivity contribution in [3.05, 3.63) is 134 Å². The zero-order valence-corrected chi connectivity index (χ0v) is 26.1. The normalized spacial score (nSPS) is 19.1. The summed E-state index contributed by atoms with van der Waals surface area (Å²) >= 11 is 5.75. The van der Waals surface area contributed by atoms with Crippen molar-refractivity contribution in [2.45, 2.75) is 44.0 Å². The Balaban J connectivity index is 1.67. The van der Waals surface area contributed by atoms with Gasteiger partial charge in [-0.1, -0.05) is 72.8 Å². The van der Waals surface area contributed by atoms with E-state index >= 15 is 0 Å². The molecular formula is C31H34ClN4O7P. The monoisotopic (exact) mass is 640 g/mol. The lowest BCUT2D eigenvalue weighted by Gasteiger charge is -2.41. The number of hydrogen-bond donors (Lipinski definition) is 2. The summed E-state index contributed by atoms with van der Waals surface area (Å²) in [7, 11) is -1.11. The number of halogens is 1. The Labute approximate surface area is 259 Å². The topological polar surface area (TPSA) is 138 Å². The highest BCUT2D eigenvalue weighted by atomic mass is 35.5. The number of nitrogens with two attached hydrogens (primary N) is 1. The summed E-state index contributed by atoms with van der Waals surface area (Å²) in [4.78, 5) is 27.0. The van der Waals surface area contributed by atoms with Crippen LogP contribution in [0.15, 0.2) is 101 Å². The number of nitrogens with one attached hydrogen (secondary N) is 1. The number of anilines is 1. The molecular weight excluding hydrogens is 607 g/mol. The fourth-order valence-corrected chi connectivity index (χ4v) is 6.55. The van der Waals surface area contributed by atoms with Crippen LogP contribution in [-0.4, -0.2) is 40.7 Å². The van der Waals surface area contributed by atoms with Gasteiger partial charge in [0.1, 0.15) is 17.9 Å². The zero-order valence-electron chi connectivity index (χ0n) is 24.5. The molecule has 1 aliphatic rings. The summed E-state index contributed by atoms with van der Waals surface area (Å²) in [6.45, 7) is 1.60. The minimum atomic E-state index is -4.11. The van der Waals surface area contributed by atoms with E-state index in [1.807, 2.05) is 78.9 Å². The van der Waals surface area contributed by atoms with Crippen LogP contribution in [0.4, 0.5) is 5.69 Å². The van der Waals surface area contributed by atoms with Crippen molar-refractivity contribution in [1.29, 1.82) is 0 Å². The number of H-pyrrole nitrogens is 1. The van der Waals surface area contributed by atoms with Crippen molar-refractivity contribution < 1.29 is 22.6 Å². The van der Waals surface area contributed by atoms with Crippen molar-refractivity contribution in [3.8, 4) is 0 Å². The molecule has 3 aromatic carbocycles. The SMILES string of the molecule is Cc1cn([C@H]2CC[C@@H](C(OC(c3ccccc3)(c3ccccc3)c3cccc(N)c3)OP(=O)(OCl)N(C)C)O2)c(=O)[nH]c1=O. The van der Waals surface area contributed by atoms with Gasteiger partial charge in [-0.2, -0.15) is 4.08 Å². The quantitative estimate of drug-likeness (QED) is 0.0968. The summed E-state index contributed by atoms with van der Waals surface area (Å²) < 4.78 is 40.8. The van der Waals surface area contributed by atoms with Crippen LogP contribution in [-0.2, 0) is 28.2 Å². The number of ether oxygens (including phenoxy) is 2. The van der Waals surface area contributed by atoms with Crippen molar-refractivity contribution in [2.75, 3.05) is 19.8 Å². The molecule has 1 saturated heterocycles. The molecule has 4 aromatic rings. The van der Waals surface area contributed by atoms with Gasteiger partial charge in [-0.3, -0.25) is 18.9 Å². The molecule has 44 heavy (non-hydrogen) atoms. The van der Waals surface area contributed by atoms with Gasteiger partial charge < -0.3 is 15.2 Å². The van der Waals surface area contributed by atoms with Crippen LogP contribution in [0.2, 0.25) is 0 Å². The van der Waals surface area contributed by atoms with E-state index in [-0.39, 0.29) is 0 Å². The largest absolute Gasteiger partial charge is 0.426 e. The molecule has 0 saturated carbocycles. The van der Waals surface area contributed by atoms with Gasteiger partial charge in [0.15, 0.2) is 6.29 Å². The molecule has 5 rings (SSSR count). The first kappa shape index (κ1) is 31.9. The first-order valence-corrected chi connectivity index (χ1v) is 15.8. The maximum atomic E-state index is 13.8. The van der Waals surface area contributed by atoms with Crippen LogP contribution >= 0.6 is 19.6 Å². The first-order valence-electron chi connectivity index (χ1n) is 14.0. The number of aryl methyl sites for hydroxylation is 1. The molecule has 11 nitrogen and oxygen atoms in total. The molecule has 0 radical (unpaired) electrons. The lowest BCUT2D eigenvalue weighted by Crippen LogP contribution is -2.43. The molecule has 13 heteroatoms. The van der Waals surface area contributed by atoms with E-state index in [4.69, 9.17) is 35.7 Å². The maximum absolute atomic E-state index is 13.8. The Morgan fingerprint density at radius 2 is 1.61 bits per heavy atom. The van der Waals surface area contributed by atoms with Gasteiger partial charge in [0.2, 0.25) is 0 Å². The summed E-state index contributed by atoms with van der Waals surface area (Å²) in [5.74, 6) is 0. The van der Waals surface area contributed by atoms with E-state index in [2.05, 4.69) is 4.98 Å². The molecule has 0 aliphatic carbocycles. The molecule has 0 spiro atoms. The molecule has 2 unspecified atom stereocenters. The van der Waals surface area contributed by atoms with Crippen LogP contribution in [0, 0.1) is 6.92 Å². The van der Waals surface area contributed by atoms with Crippen molar-refractivity contribution in [3.63, 3.8) is 0 Å². The molecule has 1 aromatic heterocycles. The first-order chi connectivity index (χ1) is 21.1. The lowest BCUT2D eigenvalue weighted by atomic mass is 9.79. The molecule has 0 bridgehead atoms. The van der Waals surface area contributed by atoms with E-state index in [9.17, 15) is 14.2 Å². The highest BCUT2D eigenvalue weighted by molar-refractivity contribution is 7.52. The summed E-state index contributed by atoms with van der Waals surface area (Å²) in [5, 5.41) is 0. The van der Waals surface area contributed by atoms with Crippen LogP contribution in [0.1, 0.15) is 41.3 Å². The standard InChI is InChI=1S/C31H34ClN4O7P/c1-21-20-36(30(38)34-28(21)37)27-18-17-26(40-27)29(42-44(39,43-32)35(2)3)41-31(22-11-6-4-7-12-22,23-13-8-5-9-14-23)24-15-10-16-25(33)19-24/h4-16,19-20,26-27,29H,17-18,33H2,1-3H3,(H,34,37,38)/t26-,27+,29?,44?/m0/s1. The van der Waals surface area contributed by atoms with Crippen LogP contribution in [0.25, 0.3) is 0 Å². The van der Waals surface area contributed by atoms with Gasteiger partial charge >= 0.3 is 13.4 Å². The lowest BCUT2D eigenvalue weighted by molar-refractivity contribution is -0.209. The van der Waals surface area contributed by atoms with E-state index in [0.717, 1.165) is 11.1 Å². The predicted octanol–water partition coefficient (Wildman–Crippen LogP) is 5.30. The molecule has 232 valence electrons. The van der Waals surface area contributed by atoms with E-state index in [0.29, 0.717) is 29.7 Å². The molecule has 0 amide bonds. The van der Waals surface area contributed by atoms with Gasteiger partial charge in [-0.05, 0) is 62.7 Å². The fraction of sp³-hybridized carbons (Fsp3) is 0.290. The number of nitrogen functional groups attached to an aromatic ring is 1. The smallest absolute Gasteiger partial charge is 0.399 e. The van der Waals surface area contributed by atoms with E-state index < -0.39 is 43.2 Å². The molecule has 1 aliphatic heterocycles. The second-order valence-corrected chi connectivity index (χ2v) is 13.2. The van der Waals surface area contributed by atoms with Gasteiger partial charge in [-0.15, -0.1) is 0 Å². The highest BCUT2D eigenvalue weighted by Gasteiger charge is 2.47. The zero-order chi connectivity index (χ0) is 31.5. The summed E-state index contributed by atoms with van der Waals surface area (Å²) in [6, 6.07) is 26.3. The van der Waals surface area contributed by atoms with Crippen molar-refractivity contribution >= 4 is 25.3 Å². The maximum Gasteiger partial charge on any atom is 0.426 e. The second kappa shape index (κ2) is 13.2. The summed E-state index contributed by atoms with van der Waals surface area (Å²) in [5.41, 5.74) is 6.85. The Morgan fingerprint density at radius 3 is 2.18 bits per heavy atom. The number of nitrogens with zero attached hydrogens (tertiary/aromatic N) is 2. The van der Waals surface area contributed by atoms with Gasteiger partial charge in [-0.25, -0.2) is 14.0 Å².